The Morgan fingerprint density at radius 2 is 2.30 bits per heavy atom. The molecule has 0 bridgehead atoms. The first-order chi connectivity index (χ1) is 9.58. The first-order valence-corrected chi connectivity index (χ1v) is 6.24. The van der Waals surface area contributed by atoms with E-state index < -0.39 is 5.97 Å². The summed E-state index contributed by atoms with van der Waals surface area (Å²) in [6.45, 7) is 2.35. The standard InChI is InChI=1S/C14H18N2O4/c1-3-11(9-20-2)16-14(19)13-10(5-4-8-15-13)6-7-12(17)18/h4-8,11H,3,9H2,1-2H3,(H,16,19)(H,17,18)/b7-6+. The molecule has 0 aliphatic carbocycles. The molecule has 1 amide bonds. The van der Waals surface area contributed by atoms with Crippen molar-refractivity contribution in [2.24, 2.45) is 0 Å². The van der Waals surface area contributed by atoms with E-state index in [9.17, 15) is 9.59 Å². The number of nitrogens with zero attached hydrogens (tertiary/aromatic N) is 1. The number of pyridine rings is 1. The monoisotopic (exact) mass is 278 g/mol. The number of nitrogens with one attached hydrogen (secondary N) is 1. The van der Waals surface area contributed by atoms with Gasteiger partial charge in [-0.25, -0.2) is 4.79 Å². The number of ether oxygens (including phenoxy) is 1. The molecule has 0 spiro atoms. The number of methoxy groups -OCH3 is 1. The van der Waals surface area contributed by atoms with Gasteiger partial charge in [-0.3, -0.25) is 9.78 Å². The summed E-state index contributed by atoms with van der Waals surface area (Å²) in [6, 6.07) is 3.18. The minimum Gasteiger partial charge on any atom is -0.478 e. The molecule has 108 valence electrons. The lowest BCUT2D eigenvalue weighted by atomic mass is 10.1. The van der Waals surface area contributed by atoms with Gasteiger partial charge in [-0.05, 0) is 18.6 Å². The van der Waals surface area contributed by atoms with Gasteiger partial charge in [-0.2, -0.15) is 0 Å². The van der Waals surface area contributed by atoms with E-state index in [0.717, 1.165) is 12.5 Å². The number of hydrogen-bond acceptors (Lipinski definition) is 4. The fraction of sp³-hybridized carbons (Fsp3) is 0.357. The molecule has 1 aromatic rings. The molecule has 0 saturated heterocycles. The largest absolute Gasteiger partial charge is 0.478 e. The second-order valence-electron chi connectivity index (χ2n) is 4.15. The minimum atomic E-state index is -1.08. The Labute approximate surface area is 117 Å². The fourth-order valence-corrected chi connectivity index (χ4v) is 1.62. The fourth-order valence-electron chi connectivity index (χ4n) is 1.62. The number of carbonyl (C=O) groups is 2. The Balaban J connectivity index is 2.89. The summed E-state index contributed by atoms with van der Waals surface area (Å²) in [4.78, 5) is 26.7. The van der Waals surface area contributed by atoms with Gasteiger partial charge in [0.15, 0.2) is 0 Å². The van der Waals surface area contributed by atoms with Crippen LogP contribution in [-0.2, 0) is 9.53 Å². The summed E-state index contributed by atoms with van der Waals surface area (Å²) < 4.78 is 5.01. The van der Waals surface area contributed by atoms with Crippen molar-refractivity contribution in [2.45, 2.75) is 19.4 Å². The van der Waals surface area contributed by atoms with Crippen molar-refractivity contribution in [3.8, 4) is 0 Å². The van der Waals surface area contributed by atoms with Crippen LogP contribution in [0.3, 0.4) is 0 Å². The van der Waals surface area contributed by atoms with E-state index in [1.807, 2.05) is 6.92 Å². The molecule has 0 radical (unpaired) electrons. The number of amides is 1. The topological polar surface area (TPSA) is 88.5 Å². The maximum Gasteiger partial charge on any atom is 0.328 e. The Hall–Kier alpha value is -2.21. The second kappa shape index (κ2) is 8.06. The van der Waals surface area contributed by atoms with Crippen LogP contribution in [0, 0.1) is 0 Å². The van der Waals surface area contributed by atoms with Crippen molar-refractivity contribution in [3.63, 3.8) is 0 Å². The summed E-state index contributed by atoms with van der Waals surface area (Å²) in [5.41, 5.74) is 0.652. The van der Waals surface area contributed by atoms with Crippen LogP contribution in [0.25, 0.3) is 6.08 Å². The highest BCUT2D eigenvalue weighted by Crippen LogP contribution is 2.08. The normalized spacial score (nSPS) is 12.3. The van der Waals surface area contributed by atoms with Gasteiger partial charge in [-0.1, -0.05) is 13.0 Å². The van der Waals surface area contributed by atoms with Crippen LogP contribution in [0.2, 0.25) is 0 Å². The highest BCUT2D eigenvalue weighted by Gasteiger charge is 2.15. The van der Waals surface area contributed by atoms with Gasteiger partial charge >= 0.3 is 5.97 Å². The lowest BCUT2D eigenvalue weighted by Gasteiger charge is -2.16. The third-order valence-electron chi connectivity index (χ3n) is 2.66. The Bertz CT molecular complexity index is 500. The van der Waals surface area contributed by atoms with E-state index in [-0.39, 0.29) is 17.6 Å². The molecule has 0 aromatic carbocycles. The Morgan fingerprint density at radius 1 is 1.55 bits per heavy atom. The molecule has 1 heterocycles. The van der Waals surface area contributed by atoms with E-state index in [1.165, 1.54) is 12.3 Å². The first kappa shape index (κ1) is 15.8. The van der Waals surface area contributed by atoms with Crippen LogP contribution < -0.4 is 5.32 Å². The molecule has 0 aliphatic heterocycles. The maximum absolute atomic E-state index is 12.1. The van der Waals surface area contributed by atoms with E-state index in [1.54, 1.807) is 19.2 Å². The highest BCUT2D eigenvalue weighted by molar-refractivity contribution is 5.97. The predicted octanol–water partition coefficient (Wildman–Crippen LogP) is 1.33. The third-order valence-corrected chi connectivity index (χ3v) is 2.66. The summed E-state index contributed by atoms with van der Waals surface area (Å²) >= 11 is 0. The molecular weight excluding hydrogens is 260 g/mol. The third kappa shape index (κ3) is 4.81. The number of hydrogen-bond donors (Lipinski definition) is 2. The zero-order chi connectivity index (χ0) is 15.0. The van der Waals surface area contributed by atoms with Crippen LogP contribution in [0.15, 0.2) is 24.4 Å². The number of aromatic nitrogens is 1. The van der Waals surface area contributed by atoms with Crippen molar-refractivity contribution < 1.29 is 19.4 Å². The van der Waals surface area contributed by atoms with E-state index >= 15 is 0 Å². The number of rotatable bonds is 7. The van der Waals surface area contributed by atoms with Gasteiger partial charge in [0, 0.05) is 24.9 Å². The van der Waals surface area contributed by atoms with Gasteiger partial charge in [-0.15, -0.1) is 0 Å². The average Bonchev–Trinajstić information content (AvgIpc) is 2.44. The SMILES string of the molecule is CCC(COC)NC(=O)c1ncccc1/C=C/C(=O)O. The molecule has 6 heteroatoms. The Kier molecular flexibility index (Phi) is 6.39. The van der Waals surface area contributed by atoms with E-state index in [4.69, 9.17) is 9.84 Å². The lowest BCUT2D eigenvalue weighted by molar-refractivity contribution is -0.131. The molecule has 0 saturated carbocycles. The van der Waals surface area contributed by atoms with Crippen molar-refractivity contribution in [2.75, 3.05) is 13.7 Å². The molecule has 1 aromatic heterocycles. The number of aliphatic carboxylic acids is 1. The number of carboxylic acids is 1. The molecular formula is C14H18N2O4. The molecule has 6 nitrogen and oxygen atoms in total. The van der Waals surface area contributed by atoms with Crippen LogP contribution >= 0.6 is 0 Å². The summed E-state index contributed by atoms with van der Waals surface area (Å²) in [6.07, 6.45) is 4.54. The minimum absolute atomic E-state index is 0.106. The zero-order valence-electron chi connectivity index (χ0n) is 11.5. The summed E-state index contributed by atoms with van der Waals surface area (Å²) in [5, 5.41) is 11.4. The van der Waals surface area contributed by atoms with Crippen molar-refractivity contribution in [1.29, 1.82) is 0 Å². The van der Waals surface area contributed by atoms with Gasteiger partial charge < -0.3 is 15.2 Å². The van der Waals surface area contributed by atoms with E-state index in [0.29, 0.717) is 12.2 Å². The number of carbonyl (C=O) groups excluding carboxylic acids is 1. The van der Waals surface area contributed by atoms with Crippen molar-refractivity contribution in [3.05, 3.63) is 35.7 Å². The smallest absolute Gasteiger partial charge is 0.328 e. The second-order valence-corrected chi connectivity index (χ2v) is 4.15. The number of carboxylic acid groups (broad SMARTS) is 1. The quantitative estimate of drug-likeness (QED) is 0.735. The van der Waals surface area contributed by atoms with Crippen LogP contribution in [0.4, 0.5) is 0 Å². The van der Waals surface area contributed by atoms with Crippen molar-refractivity contribution >= 4 is 18.0 Å². The van der Waals surface area contributed by atoms with Crippen LogP contribution in [-0.4, -0.2) is 41.7 Å². The predicted molar refractivity (Wildman–Crippen MR) is 74.3 cm³/mol. The molecule has 1 atom stereocenters. The molecule has 2 N–H and O–H groups in total. The zero-order valence-corrected chi connectivity index (χ0v) is 11.5. The van der Waals surface area contributed by atoms with Gasteiger partial charge in [0.1, 0.15) is 5.69 Å². The van der Waals surface area contributed by atoms with Crippen molar-refractivity contribution in [1.82, 2.24) is 10.3 Å². The van der Waals surface area contributed by atoms with Gasteiger partial charge in [0.05, 0.1) is 12.6 Å². The molecule has 0 aliphatic rings. The summed E-state index contributed by atoms with van der Waals surface area (Å²) in [7, 11) is 1.57. The first-order valence-electron chi connectivity index (χ1n) is 6.24. The van der Waals surface area contributed by atoms with Gasteiger partial charge in [0.2, 0.25) is 0 Å². The highest BCUT2D eigenvalue weighted by atomic mass is 16.5. The molecule has 20 heavy (non-hydrogen) atoms. The van der Waals surface area contributed by atoms with Gasteiger partial charge in [0.25, 0.3) is 5.91 Å². The molecule has 0 fully saturated rings. The van der Waals surface area contributed by atoms with Crippen LogP contribution in [0.5, 0.6) is 0 Å². The maximum atomic E-state index is 12.1. The Morgan fingerprint density at radius 3 is 2.90 bits per heavy atom. The summed E-state index contributed by atoms with van der Waals surface area (Å²) in [5.74, 6) is -1.43. The van der Waals surface area contributed by atoms with Crippen LogP contribution in [0.1, 0.15) is 29.4 Å². The average molecular weight is 278 g/mol. The van der Waals surface area contributed by atoms with E-state index in [2.05, 4.69) is 10.3 Å². The molecule has 1 rings (SSSR count). The lowest BCUT2D eigenvalue weighted by Crippen LogP contribution is -2.38. The molecule has 1 unspecified atom stereocenters.